The quantitative estimate of drug-likeness (QED) is 0.784. The lowest BCUT2D eigenvalue weighted by Crippen LogP contribution is -2.11. The Bertz CT molecular complexity index is 220. The molecule has 0 saturated carbocycles. The predicted molar refractivity (Wildman–Crippen MR) is 56.2 cm³/mol. The smallest absolute Gasteiger partial charge is 0.0406 e. The lowest BCUT2D eigenvalue weighted by atomic mass is 10.1. The molecule has 1 nitrogen and oxygen atoms in total. The molecule has 0 amide bonds. The van der Waals surface area contributed by atoms with Gasteiger partial charge in [0.15, 0.2) is 0 Å². The molecule has 0 bridgehead atoms. The van der Waals surface area contributed by atoms with Crippen molar-refractivity contribution in [2.24, 2.45) is 0 Å². The van der Waals surface area contributed by atoms with E-state index in [1.165, 1.54) is 5.56 Å². The maximum atomic E-state index is 5.74. The summed E-state index contributed by atoms with van der Waals surface area (Å²) in [4.78, 5) is 0. The second-order valence-electron chi connectivity index (χ2n) is 2.56. The molecule has 1 rings (SSSR count). The van der Waals surface area contributed by atoms with Gasteiger partial charge in [-0.3, -0.25) is 0 Å². The molecule has 0 spiro atoms. The Balaban J connectivity index is 0.00000121. The van der Waals surface area contributed by atoms with Crippen LogP contribution in [-0.2, 0) is 0 Å². The highest BCUT2D eigenvalue weighted by molar-refractivity contribution is 6.30. The van der Waals surface area contributed by atoms with Crippen LogP contribution in [0, 0.1) is 0 Å². The summed E-state index contributed by atoms with van der Waals surface area (Å²) in [7, 11) is 1.94. The largest absolute Gasteiger partial charge is 0.313 e. The molecule has 0 aliphatic rings. The van der Waals surface area contributed by atoms with Crippen LogP contribution in [0.4, 0.5) is 0 Å². The van der Waals surface area contributed by atoms with Gasteiger partial charge in [0, 0.05) is 11.1 Å². The minimum Gasteiger partial charge on any atom is -0.313 e. The summed E-state index contributed by atoms with van der Waals surface area (Å²) < 4.78 is 0. The van der Waals surface area contributed by atoms with Crippen molar-refractivity contribution < 1.29 is 0 Å². The van der Waals surface area contributed by atoms with Crippen LogP contribution in [-0.4, -0.2) is 7.05 Å². The molecule has 0 unspecified atom stereocenters. The van der Waals surface area contributed by atoms with Crippen molar-refractivity contribution in [1.29, 1.82) is 0 Å². The van der Waals surface area contributed by atoms with Gasteiger partial charge in [-0.2, -0.15) is 0 Å². The van der Waals surface area contributed by atoms with E-state index in [0.717, 1.165) is 5.02 Å². The van der Waals surface area contributed by atoms with Crippen LogP contribution in [0.5, 0.6) is 0 Å². The molecular weight excluding hydrogens is 193 g/mol. The topological polar surface area (TPSA) is 12.0 Å². The van der Waals surface area contributed by atoms with E-state index in [0.29, 0.717) is 6.04 Å². The third-order valence-corrected chi connectivity index (χ3v) is 2.05. The number of nitrogens with one attached hydrogen (secondary N) is 1. The van der Waals surface area contributed by atoms with E-state index in [2.05, 4.69) is 12.2 Å². The molecule has 0 aliphatic heterocycles. The second kappa shape index (κ2) is 5.41. The van der Waals surface area contributed by atoms with Gasteiger partial charge in [-0.1, -0.05) is 23.7 Å². The highest BCUT2D eigenvalue weighted by Gasteiger charge is 1.99. The number of rotatable bonds is 2. The van der Waals surface area contributed by atoms with Crippen LogP contribution in [0.1, 0.15) is 18.5 Å². The highest BCUT2D eigenvalue weighted by atomic mass is 35.5. The first kappa shape index (κ1) is 11.8. The van der Waals surface area contributed by atoms with Crippen LogP contribution in [0.25, 0.3) is 0 Å². The molecule has 1 N–H and O–H groups in total. The SMILES string of the molecule is CN[C@@H](C)c1ccc(Cl)cc1.Cl. The van der Waals surface area contributed by atoms with Gasteiger partial charge in [0.1, 0.15) is 0 Å². The molecule has 12 heavy (non-hydrogen) atoms. The molecule has 1 aromatic carbocycles. The van der Waals surface area contributed by atoms with Crippen LogP contribution in [0.2, 0.25) is 5.02 Å². The summed E-state index contributed by atoms with van der Waals surface area (Å²) in [5, 5.41) is 3.95. The fourth-order valence-corrected chi connectivity index (χ4v) is 1.04. The predicted octanol–water partition coefficient (Wildman–Crippen LogP) is 3.04. The third kappa shape index (κ3) is 3.02. The Labute approximate surface area is 84.5 Å². The molecule has 1 aromatic rings. The fourth-order valence-electron chi connectivity index (χ4n) is 0.918. The van der Waals surface area contributed by atoms with Crippen molar-refractivity contribution in [2.45, 2.75) is 13.0 Å². The number of benzene rings is 1. The molecule has 68 valence electrons. The van der Waals surface area contributed by atoms with Crippen LogP contribution in [0.3, 0.4) is 0 Å². The van der Waals surface area contributed by atoms with E-state index >= 15 is 0 Å². The summed E-state index contributed by atoms with van der Waals surface area (Å²) in [5.74, 6) is 0. The zero-order valence-electron chi connectivity index (χ0n) is 7.17. The molecule has 0 radical (unpaired) electrons. The van der Waals surface area contributed by atoms with Gasteiger partial charge in [0.05, 0.1) is 0 Å². The van der Waals surface area contributed by atoms with E-state index in [1.807, 2.05) is 31.3 Å². The third-order valence-electron chi connectivity index (χ3n) is 1.80. The monoisotopic (exact) mass is 205 g/mol. The Morgan fingerprint density at radius 1 is 1.25 bits per heavy atom. The van der Waals surface area contributed by atoms with Crippen LogP contribution < -0.4 is 5.32 Å². The first-order valence-electron chi connectivity index (χ1n) is 3.67. The van der Waals surface area contributed by atoms with Crippen LogP contribution in [0.15, 0.2) is 24.3 Å². The van der Waals surface area contributed by atoms with Crippen molar-refractivity contribution in [2.75, 3.05) is 7.05 Å². The zero-order chi connectivity index (χ0) is 8.27. The molecular formula is C9H13Cl2N. The average molecular weight is 206 g/mol. The minimum absolute atomic E-state index is 0. The molecule has 0 aromatic heterocycles. The van der Waals surface area contributed by atoms with E-state index in [1.54, 1.807) is 0 Å². The van der Waals surface area contributed by atoms with E-state index < -0.39 is 0 Å². The first-order valence-corrected chi connectivity index (χ1v) is 4.04. The summed E-state index contributed by atoms with van der Waals surface area (Å²) in [6.45, 7) is 2.11. The summed E-state index contributed by atoms with van der Waals surface area (Å²) in [5.41, 5.74) is 1.26. The van der Waals surface area contributed by atoms with Crippen LogP contribution >= 0.6 is 24.0 Å². The maximum Gasteiger partial charge on any atom is 0.0406 e. The van der Waals surface area contributed by atoms with Crippen molar-refractivity contribution in [3.63, 3.8) is 0 Å². The zero-order valence-corrected chi connectivity index (χ0v) is 8.75. The number of halogens is 2. The summed E-state index contributed by atoms with van der Waals surface area (Å²) in [6, 6.07) is 8.27. The summed E-state index contributed by atoms with van der Waals surface area (Å²) in [6.07, 6.45) is 0. The molecule has 0 saturated heterocycles. The Morgan fingerprint density at radius 2 is 1.75 bits per heavy atom. The van der Waals surface area contributed by atoms with Crippen molar-refractivity contribution in [3.05, 3.63) is 34.9 Å². The van der Waals surface area contributed by atoms with Gasteiger partial charge < -0.3 is 5.32 Å². The number of hydrogen-bond donors (Lipinski definition) is 1. The Kier molecular flexibility index (Phi) is 5.31. The summed E-state index contributed by atoms with van der Waals surface area (Å²) >= 11 is 5.74. The highest BCUT2D eigenvalue weighted by Crippen LogP contribution is 2.14. The van der Waals surface area contributed by atoms with Gasteiger partial charge >= 0.3 is 0 Å². The van der Waals surface area contributed by atoms with E-state index in [9.17, 15) is 0 Å². The van der Waals surface area contributed by atoms with Crippen molar-refractivity contribution in [1.82, 2.24) is 5.32 Å². The van der Waals surface area contributed by atoms with Gasteiger partial charge in [0.2, 0.25) is 0 Å². The Morgan fingerprint density at radius 3 is 2.17 bits per heavy atom. The lowest BCUT2D eigenvalue weighted by molar-refractivity contribution is 0.652. The molecule has 0 heterocycles. The molecule has 0 fully saturated rings. The molecule has 3 heteroatoms. The number of hydrogen-bond acceptors (Lipinski definition) is 1. The van der Waals surface area contributed by atoms with Crippen molar-refractivity contribution >= 4 is 24.0 Å². The Hall–Kier alpha value is -0.240. The van der Waals surface area contributed by atoms with E-state index in [-0.39, 0.29) is 12.4 Å². The molecule has 0 aliphatic carbocycles. The van der Waals surface area contributed by atoms with Gasteiger partial charge in [-0.25, -0.2) is 0 Å². The normalized spacial score (nSPS) is 11.9. The average Bonchev–Trinajstić information content (AvgIpc) is 2.05. The second-order valence-corrected chi connectivity index (χ2v) is 3.00. The van der Waals surface area contributed by atoms with Gasteiger partial charge in [-0.15, -0.1) is 12.4 Å². The van der Waals surface area contributed by atoms with Crippen molar-refractivity contribution in [3.8, 4) is 0 Å². The fraction of sp³-hybridized carbons (Fsp3) is 0.333. The van der Waals surface area contributed by atoms with Gasteiger partial charge in [0.25, 0.3) is 0 Å². The van der Waals surface area contributed by atoms with Gasteiger partial charge in [-0.05, 0) is 31.7 Å². The standard InChI is InChI=1S/C9H12ClN.ClH/c1-7(11-2)8-3-5-9(10)6-4-8;/h3-7,11H,1-2H3;1H/t7-;/m0./s1. The minimum atomic E-state index is 0. The first-order chi connectivity index (χ1) is 5.24. The molecule has 1 atom stereocenters. The van der Waals surface area contributed by atoms with E-state index in [4.69, 9.17) is 11.6 Å². The maximum absolute atomic E-state index is 5.74. The lowest BCUT2D eigenvalue weighted by Gasteiger charge is -2.09.